The maximum absolute atomic E-state index is 10.6. The van der Waals surface area contributed by atoms with Crippen molar-refractivity contribution in [3.63, 3.8) is 0 Å². The molecule has 4 nitrogen and oxygen atoms in total. The zero-order valence-corrected chi connectivity index (χ0v) is 9.41. The highest BCUT2D eigenvalue weighted by Gasteiger charge is 2.24. The van der Waals surface area contributed by atoms with Crippen LogP contribution in [0.4, 0.5) is 5.69 Å². The minimum Gasteiger partial charge on any atom is -0.386 e. The van der Waals surface area contributed by atoms with E-state index >= 15 is 0 Å². The molecule has 1 rings (SSSR count). The molecule has 1 N–H and O–H groups in total. The summed E-state index contributed by atoms with van der Waals surface area (Å²) in [6.45, 7) is 3.16. The second-order valence-corrected chi connectivity index (χ2v) is 4.25. The molecule has 0 amide bonds. The fourth-order valence-corrected chi connectivity index (χ4v) is 2.03. The molecule has 0 aliphatic rings. The number of nitro groups is 1. The van der Waals surface area contributed by atoms with Crippen LogP contribution in [-0.2, 0) is 5.60 Å². The van der Waals surface area contributed by atoms with E-state index in [0.29, 0.717) is 10.0 Å². The van der Waals surface area contributed by atoms with E-state index in [0.717, 1.165) is 0 Å². The highest BCUT2D eigenvalue weighted by molar-refractivity contribution is 9.10. The molecule has 0 fully saturated rings. The molecule has 1 aromatic carbocycles. The Balaban J connectivity index is 3.35. The van der Waals surface area contributed by atoms with E-state index in [1.165, 1.54) is 6.07 Å². The van der Waals surface area contributed by atoms with Gasteiger partial charge in [-0.15, -0.1) is 0 Å². The summed E-state index contributed by atoms with van der Waals surface area (Å²) in [7, 11) is 0. The van der Waals surface area contributed by atoms with Crippen molar-refractivity contribution in [1.29, 1.82) is 0 Å². The number of hydrogen-bond donors (Lipinski definition) is 1. The molecule has 0 bridgehead atoms. The van der Waals surface area contributed by atoms with Crippen LogP contribution in [0.1, 0.15) is 19.4 Å². The molecule has 14 heavy (non-hydrogen) atoms. The van der Waals surface area contributed by atoms with E-state index in [9.17, 15) is 15.2 Å². The van der Waals surface area contributed by atoms with E-state index in [4.69, 9.17) is 0 Å². The number of halogens is 1. The average molecular weight is 260 g/mol. The maximum atomic E-state index is 10.6. The molecule has 1 aromatic rings. The third-order valence-corrected chi connectivity index (χ3v) is 2.67. The summed E-state index contributed by atoms with van der Waals surface area (Å²) in [6.07, 6.45) is 0. The number of aliphatic hydroxyl groups is 1. The summed E-state index contributed by atoms with van der Waals surface area (Å²) in [5.74, 6) is 0. The smallest absolute Gasteiger partial charge is 0.283 e. The number of rotatable bonds is 2. The lowest BCUT2D eigenvalue weighted by molar-refractivity contribution is -0.385. The number of nitrogens with zero attached hydrogens (tertiary/aromatic N) is 1. The molecule has 0 aliphatic heterocycles. The van der Waals surface area contributed by atoms with Gasteiger partial charge >= 0.3 is 0 Å². The second-order valence-electron chi connectivity index (χ2n) is 3.45. The molecule has 5 heteroatoms. The molecule has 0 radical (unpaired) electrons. The minimum atomic E-state index is -1.09. The van der Waals surface area contributed by atoms with Crippen LogP contribution in [0, 0.1) is 10.1 Å². The van der Waals surface area contributed by atoms with Crippen molar-refractivity contribution in [2.45, 2.75) is 19.4 Å². The summed E-state index contributed by atoms with van der Waals surface area (Å²) in [5, 5.41) is 20.3. The quantitative estimate of drug-likeness (QED) is 0.656. The van der Waals surface area contributed by atoms with Crippen molar-refractivity contribution in [3.8, 4) is 0 Å². The molecular weight excluding hydrogens is 250 g/mol. The number of hydrogen-bond acceptors (Lipinski definition) is 3. The van der Waals surface area contributed by atoms with Crippen molar-refractivity contribution >= 4 is 21.6 Å². The van der Waals surface area contributed by atoms with Crippen LogP contribution in [0.2, 0.25) is 0 Å². The Morgan fingerprint density at radius 2 is 2.07 bits per heavy atom. The number of nitro benzene ring substituents is 1. The molecule has 0 saturated carbocycles. The molecular formula is C9H10BrNO3. The molecule has 0 aliphatic carbocycles. The fourth-order valence-electron chi connectivity index (χ4n) is 1.13. The van der Waals surface area contributed by atoms with Crippen LogP contribution in [0.25, 0.3) is 0 Å². The van der Waals surface area contributed by atoms with Gasteiger partial charge < -0.3 is 5.11 Å². The lowest BCUT2D eigenvalue weighted by Gasteiger charge is -2.18. The van der Waals surface area contributed by atoms with Crippen LogP contribution in [0.3, 0.4) is 0 Å². The normalized spacial score (nSPS) is 11.4. The highest BCUT2D eigenvalue weighted by Crippen LogP contribution is 2.34. The maximum Gasteiger partial charge on any atom is 0.283 e. The van der Waals surface area contributed by atoms with Crippen molar-refractivity contribution < 1.29 is 10.0 Å². The van der Waals surface area contributed by atoms with E-state index in [1.54, 1.807) is 26.0 Å². The SMILES string of the molecule is CC(C)(O)c1cccc([N+](=O)[O-])c1Br. The van der Waals surface area contributed by atoms with Gasteiger partial charge in [-0.25, -0.2) is 0 Å². The zero-order valence-electron chi connectivity index (χ0n) is 7.82. The second kappa shape index (κ2) is 3.67. The van der Waals surface area contributed by atoms with Gasteiger partial charge in [-0.05, 0) is 29.8 Å². The molecule has 0 saturated heterocycles. The Hall–Kier alpha value is -0.940. The first-order valence-electron chi connectivity index (χ1n) is 4.00. The lowest BCUT2D eigenvalue weighted by atomic mass is 9.98. The monoisotopic (exact) mass is 259 g/mol. The Labute approximate surface area is 89.8 Å². The van der Waals surface area contributed by atoms with Crippen LogP contribution in [-0.4, -0.2) is 10.0 Å². The predicted molar refractivity (Wildman–Crippen MR) is 56.0 cm³/mol. The van der Waals surface area contributed by atoms with Gasteiger partial charge in [0.05, 0.1) is 10.5 Å². The third-order valence-electron chi connectivity index (χ3n) is 1.83. The molecule has 0 unspecified atom stereocenters. The van der Waals surface area contributed by atoms with Crippen molar-refractivity contribution in [1.82, 2.24) is 0 Å². The molecule has 0 heterocycles. The average Bonchev–Trinajstić information content (AvgIpc) is 2.01. The highest BCUT2D eigenvalue weighted by atomic mass is 79.9. The van der Waals surface area contributed by atoms with Gasteiger partial charge in [-0.1, -0.05) is 12.1 Å². The van der Waals surface area contributed by atoms with Crippen molar-refractivity contribution in [2.75, 3.05) is 0 Å². The molecule has 0 spiro atoms. The van der Waals surface area contributed by atoms with Crippen LogP contribution >= 0.6 is 15.9 Å². The Bertz CT molecular complexity index is 371. The number of benzene rings is 1. The topological polar surface area (TPSA) is 63.4 Å². The van der Waals surface area contributed by atoms with E-state index < -0.39 is 10.5 Å². The Kier molecular flexibility index (Phi) is 2.92. The van der Waals surface area contributed by atoms with Gasteiger partial charge in [0.15, 0.2) is 0 Å². The first-order chi connectivity index (χ1) is 6.34. The zero-order chi connectivity index (χ0) is 10.9. The Morgan fingerprint density at radius 3 is 2.50 bits per heavy atom. The van der Waals surface area contributed by atoms with E-state index in [-0.39, 0.29) is 5.69 Å². The van der Waals surface area contributed by atoms with E-state index in [2.05, 4.69) is 15.9 Å². The summed E-state index contributed by atoms with van der Waals surface area (Å²) >= 11 is 3.12. The minimum absolute atomic E-state index is 0.0374. The lowest BCUT2D eigenvalue weighted by Crippen LogP contribution is -2.16. The van der Waals surface area contributed by atoms with Gasteiger partial charge in [0, 0.05) is 11.6 Å². The fraction of sp³-hybridized carbons (Fsp3) is 0.333. The largest absolute Gasteiger partial charge is 0.386 e. The third kappa shape index (κ3) is 2.10. The van der Waals surface area contributed by atoms with Gasteiger partial charge in [0.25, 0.3) is 5.69 Å². The van der Waals surface area contributed by atoms with Crippen LogP contribution < -0.4 is 0 Å². The van der Waals surface area contributed by atoms with Crippen molar-refractivity contribution in [3.05, 3.63) is 38.3 Å². The summed E-state index contributed by atoms with van der Waals surface area (Å²) in [5.41, 5.74) is -0.624. The molecule has 0 atom stereocenters. The first kappa shape index (κ1) is 11.1. The van der Waals surface area contributed by atoms with Crippen LogP contribution in [0.15, 0.2) is 22.7 Å². The summed E-state index contributed by atoms with van der Waals surface area (Å²) in [4.78, 5) is 10.1. The van der Waals surface area contributed by atoms with Gasteiger partial charge in [-0.3, -0.25) is 10.1 Å². The van der Waals surface area contributed by atoms with Gasteiger partial charge in [0.2, 0.25) is 0 Å². The first-order valence-corrected chi connectivity index (χ1v) is 4.79. The van der Waals surface area contributed by atoms with Gasteiger partial charge in [-0.2, -0.15) is 0 Å². The molecule has 76 valence electrons. The van der Waals surface area contributed by atoms with Crippen molar-refractivity contribution in [2.24, 2.45) is 0 Å². The standard InChI is InChI=1S/C9H10BrNO3/c1-9(2,12)6-4-3-5-7(8(6)10)11(13)14/h3-5,12H,1-2H3. The summed E-state index contributed by atoms with van der Waals surface area (Å²) in [6, 6.07) is 4.59. The van der Waals surface area contributed by atoms with Crippen LogP contribution in [0.5, 0.6) is 0 Å². The molecule has 0 aromatic heterocycles. The van der Waals surface area contributed by atoms with E-state index in [1.807, 2.05) is 0 Å². The summed E-state index contributed by atoms with van der Waals surface area (Å²) < 4.78 is 0.331. The van der Waals surface area contributed by atoms with Gasteiger partial charge in [0.1, 0.15) is 4.47 Å². The Morgan fingerprint density at radius 1 is 1.50 bits per heavy atom. The predicted octanol–water partition coefficient (Wildman–Crippen LogP) is 2.58.